The van der Waals surface area contributed by atoms with Gasteiger partial charge in [-0.3, -0.25) is 4.90 Å². The van der Waals surface area contributed by atoms with E-state index in [9.17, 15) is 0 Å². The van der Waals surface area contributed by atoms with Crippen molar-refractivity contribution in [1.82, 2.24) is 10.2 Å². The van der Waals surface area contributed by atoms with Crippen molar-refractivity contribution in [3.63, 3.8) is 0 Å². The van der Waals surface area contributed by atoms with Gasteiger partial charge in [-0.1, -0.05) is 0 Å². The van der Waals surface area contributed by atoms with Gasteiger partial charge in [-0.2, -0.15) is 0 Å². The molecular weight excluding hydrogens is 210 g/mol. The zero-order chi connectivity index (χ0) is 12.2. The molecule has 0 saturated carbocycles. The Bertz CT molecular complexity index is 143. The Morgan fingerprint density at radius 3 is 2.12 bits per heavy atom. The van der Waals surface area contributed by atoms with E-state index >= 15 is 0 Å². The second kappa shape index (κ2) is 11.3. The van der Waals surface area contributed by atoms with Gasteiger partial charge in [0.15, 0.2) is 0 Å². The third-order valence-electron chi connectivity index (χ3n) is 2.45. The third-order valence-corrected chi connectivity index (χ3v) is 2.45. The Balaban J connectivity index is 4.08. The molecular formula is C10H25N3O3. The Kier molecular flexibility index (Phi) is 11.1. The molecule has 6 heteroatoms. The van der Waals surface area contributed by atoms with Crippen molar-refractivity contribution in [3.05, 3.63) is 0 Å². The lowest BCUT2D eigenvalue weighted by molar-refractivity contribution is 0.104. The molecule has 0 aromatic carbocycles. The maximum absolute atomic E-state index is 8.97. The summed E-state index contributed by atoms with van der Waals surface area (Å²) in [6.45, 7) is 3.24. The average Bonchev–Trinajstić information content (AvgIpc) is 2.28. The predicted molar refractivity (Wildman–Crippen MR) is 63.2 cm³/mol. The topological polar surface area (TPSA) is 102 Å². The molecule has 16 heavy (non-hydrogen) atoms. The molecule has 0 bridgehead atoms. The predicted octanol–water partition coefficient (Wildman–Crippen LogP) is -2.43. The van der Waals surface area contributed by atoms with Crippen LogP contribution < -0.4 is 11.1 Å². The van der Waals surface area contributed by atoms with Gasteiger partial charge < -0.3 is 26.4 Å². The minimum atomic E-state index is 0.0544. The molecule has 0 aliphatic rings. The lowest BCUT2D eigenvalue weighted by Crippen LogP contribution is -2.46. The summed E-state index contributed by atoms with van der Waals surface area (Å²) in [5, 5.41) is 30.0. The molecule has 0 rings (SSSR count). The summed E-state index contributed by atoms with van der Waals surface area (Å²) in [4.78, 5) is 1.97. The van der Waals surface area contributed by atoms with Crippen LogP contribution in [-0.2, 0) is 0 Å². The van der Waals surface area contributed by atoms with Gasteiger partial charge in [-0.25, -0.2) is 0 Å². The van der Waals surface area contributed by atoms with Crippen LogP contribution in [0.5, 0.6) is 0 Å². The standard InChI is InChI=1S/C10H25N3O3/c11-2-3-12-9-10(1-6-14)13(4-7-15)5-8-16/h10,12,14-16H,1-9,11H2. The highest BCUT2D eigenvalue weighted by Crippen LogP contribution is 2.02. The highest BCUT2D eigenvalue weighted by Gasteiger charge is 2.16. The summed E-state index contributed by atoms with van der Waals surface area (Å²) in [6.07, 6.45) is 0.623. The molecule has 0 radical (unpaired) electrons. The first-order valence-corrected chi connectivity index (χ1v) is 5.77. The Morgan fingerprint density at radius 2 is 1.69 bits per heavy atom. The summed E-state index contributed by atoms with van der Waals surface area (Å²) < 4.78 is 0. The van der Waals surface area contributed by atoms with Crippen LogP contribution in [-0.4, -0.2) is 78.8 Å². The molecule has 1 unspecified atom stereocenters. The highest BCUT2D eigenvalue weighted by atomic mass is 16.3. The van der Waals surface area contributed by atoms with E-state index in [0.29, 0.717) is 32.6 Å². The van der Waals surface area contributed by atoms with Crippen molar-refractivity contribution in [2.75, 3.05) is 52.5 Å². The average molecular weight is 235 g/mol. The molecule has 0 spiro atoms. The molecule has 0 amide bonds. The summed E-state index contributed by atoms with van der Waals surface area (Å²) in [5.74, 6) is 0. The summed E-state index contributed by atoms with van der Waals surface area (Å²) in [6, 6.07) is 0.121. The number of nitrogens with two attached hydrogens (primary N) is 1. The van der Waals surface area contributed by atoms with E-state index in [2.05, 4.69) is 5.32 Å². The van der Waals surface area contributed by atoms with E-state index < -0.39 is 0 Å². The fourth-order valence-corrected chi connectivity index (χ4v) is 1.67. The van der Waals surface area contributed by atoms with Crippen LogP contribution in [0.2, 0.25) is 0 Å². The zero-order valence-corrected chi connectivity index (χ0v) is 9.81. The SMILES string of the molecule is NCCNCC(CCO)N(CCO)CCO. The lowest BCUT2D eigenvalue weighted by Gasteiger charge is -2.30. The van der Waals surface area contributed by atoms with Crippen molar-refractivity contribution < 1.29 is 15.3 Å². The number of aliphatic hydroxyl groups excluding tert-OH is 3. The van der Waals surface area contributed by atoms with E-state index in [4.69, 9.17) is 21.1 Å². The van der Waals surface area contributed by atoms with Gasteiger partial charge in [-0.15, -0.1) is 0 Å². The Labute approximate surface area is 97.1 Å². The van der Waals surface area contributed by atoms with Crippen molar-refractivity contribution in [2.24, 2.45) is 5.73 Å². The Hall–Kier alpha value is -0.240. The zero-order valence-electron chi connectivity index (χ0n) is 9.81. The number of nitrogens with zero attached hydrogens (tertiary/aromatic N) is 1. The van der Waals surface area contributed by atoms with Crippen LogP contribution in [0.15, 0.2) is 0 Å². The number of hydrogen-bond acceptors (Lipinski definition) is 6. The largest absolute Gasteiger partial charge is 0.396 e. The molecule has 98 valence electrons. The van der Waals surface area contributed by atoms with Crippen molar-refractivity contribution in [3.8, 4) is 0 Å². The fraction of sp³-hybridized carbons (Fsp3) is 1.00. The van der Waals surface area contributed by atoms with E-state index in [0.717, 1.165) is 6.54 Å². The smallest absolute Gasteiger partial charge is 0.0558 e. The highest BCUT2D eigenvalue weighted by molar-refractivity contribution is 4.74. The first-order chi connectivity index (χ1) is 7.79. The molecule has 0 saturated heterocycles. The van der Waals surface area contributed by atoms with Gasteiger partial charge in [0, 0.05) is 45.4 Å². The maximum atomic E-state index is 8.97. The summed E-state index contributed by atoms with van der Waals surface area (Å²) in [7, 11) is 0. The van der Waals surface area contributed by atoms with Crippen LogP contribution in [0.1, 0.15) is 6.42 Å². The molecule has 1 atom stereocenters. The Morgan fingerprint density at radius 1 is 1.06 bits per heavy atom. The van der Waals surface area contributed by atoms with Crippen molar-refractivity contribution in [2.45, 2.75) is 12.5 Å². The number of rotatable bonds is 11. The van der Waals surface area contributed by atoms with Crippen molar-refractivity contribution >= 4 is 0 Å². The molecule has 0 heterocycles. The number of hydrogen-bond donors (Lipinski definition) is 5. The number of nitrogens with one attached hydrogen (secondary N) is 1. The molecule has 0 aliphatic heterocycles. The maximum Gasteiger partial charge on any atom is 0.0558 e. The number of aliphatic hydroxyl groups is 3. The second-order valence-corrected chi connectivity index (χ2v) is 3.64. The van der Waals surface area contributed by atoms with E-state index in [-0.39, 0.29) is 25.9 Å². The van der Waals surface area contributed by atoms with Crippen LogP contribution in [0.4, 0.5) is 0 Å². The van der Waals surface area contributed by atoms with Gasteiger partial charge in [0.2, 0.25) is 0 Å². The second-order valence-electron chi connectivity index (χ2n) is 3.64. The third kappa shape index (κ3) is 7.10. The summed E-state index contributed by atoms with van der Waals surface area (Å²) in [5.41, 5.74) is 5.38. The van der Waals surface area contributed by atoms with Crippen molar-refractivity contribution in [1.29, 1.82) is 0 Å². The van der Waals surface area contributed by atoms with Gasteiger partial charge in [0.25, 0.3) is 0 Å². The molecule has 6 nitrogen and oxygen atoms in total. The van der Waals surface area contributed by atoms with Gasteiger partial charge >= 0.3 is 0 Å². The molecule has 0 aliphatic carbocycles. The van der Waals surface area contributed by atoms with E-state index in [1.54, 1.807) is 0 Å². The summed E-state index contributed by atoms with van der Waals surface area (Å²) >= 11 is 0. The van der Waals surface area contributed by atoms with E-state index in [1.807, 2.05) is 4.90 Å². The molecule has 0 aromatic heterocycles. The van der Waals surface area contributed by atoms with Crippen LogP contribution in [0.25, 0.3) is 0 Å². The monoisotopic (exact) mass is 235 g/mol. The van der Waals surface area contributed by atoms with Gasteiger partial charge in [-0.05, 0) is 6.42 Å². The van der Waals surface area contributed by atoms with Crippen LogP contribution in [0.3, 0.4) is 0 Å². The minimum Gasteiger partial charge on any atom is -0.396 e. The molecule has 6 N–H and O–H groups in total. The van der Waals surface area contributed by atoms with Crippen LogP contribution in [0, 0.1) is 0 Å². The quantitative estimate of drug-likeness (QED) is 0.255. The van der Waals surface area contributed by atoms with Gasteiger partial charge in [0.1, 0.15) is 0 Å². The first-order valence-electron chi connectivity index (χ1n) is 5.77. The molecule has 0 aromatic rings. The minimum absolute atomic E-state index is 0.0544. The first kappa shape index (κ1) is 15.8. The molecule has 0 fully saturated rings. The normalized spacial score (nSPS) is 13.3. The van der Waals surface area contributed by atoms with Crippen LogP contribution >= 0.6 is 0 Å². The lowest BCUT2D eigenvalue weighted by atomic mass is 10.1. The fourth-order valence-electron chi connectivity index (χ4n) is 1.67. The van der Waals surface area contributed by atoms with Gasteiger partial charge in [0.05, 0.1) is 13.2 Å². The van der Waals surface area contributed by atoms with E-state index in [1.165, 1.54) is 0 Å².